The second-order valence-corrected chi connectivity index (χ2v) is 6.75. The fourth-order valence-electron chi connectivity index (χ4n) is 3.73. The van der Waals surface area contributed by atoms with Crippen molar-refractivity contribution >= 4 is 5.91 Å². The Hall–Kier alpha value is -1.43. The summed E-state index contributed by atoms with van der Waals surface area (Å²) in [5.74, 6) is 1.67. The summed E-state index contributed by atoms with van der Waals surface area (Å²) in [4.78, 5) is 19.0. The lowest BCUT2D eigenvalue weighted by molar-refractivity contribution is -0.122. The molecule has 1 aromatic rings. The van der Waals surface area contributed by atoms with Gasteiger partial charge in [0.2, 0.25) is 11.8 Å². The molecule has 1 saturated carbocycles. The van der Waals surface area contributed by atoms with Crippen LogP contribution in [0.15, 0.2) is 4.52 Å². The number of amides is 1. The minimum Gasteiger partial charge on any atom is -0.353 e. The van der Waals surface area contributed by atoms with Gasteiger partial charge in [-0.3, -0.25) is 9.69 Å². The molecule has 1 aromatic heterocycles. The maximum Gasteiger partial charge on any atom is 0.226 e. The molecule has 23 heavy (non-hydrogen) atoms. The molecule has 1 amide bonds. The molecular formula is C17H28N4O2. The Morgan fingerprint density at radius 1 is 1.26 bits per heavy atom. The number of carbonyl (C=O) groups is 1. The van der Waals surface area contributed by atoms with Crippen molar-refractivity contribution in [2.45, 2.75) is 76.8 Å². The van der Waals surface area contributed by atoms with Crippen LogP contribution < -0.4 is 5.32 Å². The van der Waals surface area contributed by atoms with Crippen LogP contribution in [0.1, 0.15) is 76.0 Å². The van der Waals surface area contributed by atoms with Crippen molar-refractivity contribution in [3.63, 3.8) is 0 Å². The van der Waals surface area contributed by atoms with Crippen LogP contribution >= 0.6 is 0 Å². The lowest BCUT2D eigenvalue weighted by Crippen LogP contribution is -2.38. The van der Waals surface area contributed by atoms with Gasteiger partial charge in [-0.15, -0.1) is 0 Å². The first-order chi connectivity index (χ1) is 11.3. The Bertz CT molecular complexity index is 510. The molecule has 1 atom stereocenters. The van der Waals surface area contributed by atoms with Crippen molar-refractivity contribution in [1.82, 2.24) is 20.4 Å². The standard InChI is InChI=1S/C17H28N4O2/c1-2-16-19-17(20-23-16)14-9-6-11-21(14)12-10-15(22)18-13-7-4-3-5-8-13/h13-14H,2-12H2,1H3,(H,18,22). The predicted molar refractivity (Wildman–Crippen MR) is 86.9 cm³/mol. The molecule has 0 spiro atoms. The van der Waals surface area contributed by atoms with Gasteiger partial charge in [-0.1, -0.05) is 31.3 Å². The predicted octanol–water partition coefficient (Wildman–Crippen LogP) is 2.61. The number of nitrogens with one attached hydrogen (secondary N) is 1. The second-order valence-electron chi connectivity index (χ2n) is 6.75. The monoisotopic (exact) mass is 320 g/mol. The zero-order valence-corrected chi connectivity index (χ0v) is 14.1. The van der Waals surface area contributed by atoms with E-state index in [2.05, 4.69) is 20.4 Å². The van der Waals surface area contributed by atoms with Gasteiger partial charge in [-0.25, -0.2) is 0 Å². The lowest BCUT2D eigenvalue weighted by Gasteiger charge is -2.24. The van der Waals surface area contributed by atoms with E-state index in [1.807, 2.05) is 6.92 Å². The molecule has 1 aliphatic heterocycles. The summed E-state index contributed by atoms with van der Waals surface area (Å²) in [5.41, 5.74) is 0. The van der Waals surface area contributed by atoms with Gasteiger partial charge in [0.25, 0.3) is 0 Å². The first-order valence-corrected chi connectivity index (χ1v) is 9.12. The molecule has 0 radical (unpaired) electrons. The van der Waals surface area contributed by atoms with E-state index in [0.717, 1.165) is 51.0 Å². The fourth-order valence-corrected chi connectivity index (χ4v) is 3.73. The van der Waals surface area contributed by atoms with Crippen LogP contribution in [0.25, 0.3) is 0 Å². The molecule has 1 N–H and O–H groups in total. The van der Waals surface area contributed by atoms with E-state index >= 15 is 0 Å². The summed E-state index contributed by atoms with van der Waals surface area (Å²) in [5, 5.41) is 7.31. The maximum absolute atomic E-state index is 12.2. The van der Waals surface area contributed by atoms with E-state index in [1.54, 1.807) is 0 Å². The first kappa shape index (κ1) is 16.4. The molecule has 2 aliphatic rings. The normalized spacial score (nSPS) is 23.3. The highest BCUT2D eigenvalue weighted by Crippen LogP contribution is 2.30. The van der Waals surface area contributed by atoms with Crippen molar-refractivity contribution < 1.29 is 9.32 Å². The molecule has 2 heterocycles. The molecule has 6 heteroatoms. The van der Waals surface area contributed by atoms with Gasteiger partial charge in [-0.2, -0.15) is 4.98 Å². The number of hydrogen-bond acceptors (Lipinski definition) is 5. The van der Waals surface area contributed by atoms with Crippen molar-refractivity contribution in [1.29, 1.82) is 0 Å². The number of aromatic nitrogens is 2. The van der Waals surface area contributed by atoms with Gasteiger partial charge in [0.15, 0.2) is 5.82 Å². The van der Waals surface area contributed by atoms with Gasteiger partial charge in [0.05, 0.1) is 6.04 Å². The Morgan fingerprint density at radius 3 is 2.83 bits per heavy atom. The summed E-state index contributed by atoms with van der Waals surface area (Å²) >= 11 is 0. The smallest absolute Gasteiger partial charge is 0.226 e. The van der Waals surface area contributed by atoms with Gasteiger partial charge < -0.3 is 9.84 Å². The Labute approximate surface area is 138 Å². The van der Waals surface area contributed by atoms with Crippen molar-refractivity contribution in [3.05, 3.63) is 11.7 Å². The van der Waals surface area contributed by atoms with Crippen molar-refractivity contribution in [2.75, 3.05) is 13.1 Å². The summed E-state index contributed by atoms with van der Waals surface area (Å²) < 4.78 is 5.23. The van der Waals surface area contributed by atoms with Crippen LogP contribution in [0, 0.1) is 0 Å². The van der Waals surface area contributed by atoms with Crippen molar-refractivity contribution in [2.24, 2.45) is 0 Å². The van der Waals surface area contributed by atoms with E-state index in [1.165, 1.54) is 19.3 Å². The molecule has 128 valence electrons. The third kappa shape index (κ3) is 4.31. The minimum absolute atomic E-state index is 0.185. The molecule has 0 aromatic carbocycles. The third-order valence-corrected chi connectivity index (χ3v) is 5.04. The Kier molecular flexibility index (Phi) is 5.65. The highest BCUT2D eigenvalue weighted by Gasteiger charge is 2.30. The van der Waals surface area contributed by atoms with Crippen LogP contribution in [0.4, 0.5) is 0 Å². The Morgan fingerprint density at radius 2 is 2.09 bits per heavy atom. The van der Waals surface area contributed by atoms with E-state index < -0.39 is 0 Å². The number of aryl methyl sites for hydroxylation is 1. The van der Waals surface area contributed by atoms with Crippen LogP contribution in [-0.4, -0.2) is 40.1 Å². The Balaban J connectivity index is 1.47. The number of rotatable bonds is 6. The fraction of sp³-hybridized carbons (Fsp3) is 0.824. The van der Waals surface area contributed by atoms with E-state index in [9.17, 15) is 4.79 Å². The molecular weight excluding hydrogens is 292 g/mol. The van der Waals surface area contributed by atoms with E-state index in [4.69, 9.17) is 4.52 Å². The minimum atomic E-state index is 0.185. The highest BCUT2D eigenvalue weighted by molar-refractivity contribution is 5.76. The number of likely N-dealkylation sites (tertiary alicyclic amines) is 1. The zero-order valence-electron chi connectivity index (χ0n) is 14.1. The van der Waals surface area contributed by atoms with Crippen LogP contribution in [0.3, 0.4) is 0 Å². The molecule has 1 aliphatic carbocycles. The van der Waals surface area contributed by atoms with Gasteiger partial charge >= 0.3 is 0 Å². The molecule has 6 nitrogen and oxygen atoms in total. The van der Waals surface area contributed by atoms with Crippen LogP contribution in [-0.2, 0) is 11.2 Å². The topological polar surface area (TPSA) is 71.3 Å². The first-order valence-electron chi connectivity index (χ1n) is 9.12. The van der Waals surface area contributed by atoms with Gasteiger partial charge in [0.1, 0.15) is 0 Å². The third-order valence-electron chi connectivity index (χ3n) is 5.04. The van der Waals surface area contributed by atoms with Crippen molar-refractivity contribution in [3.8, 4) is 0 Å². The van der Waals surface area contributed by atoms with E-state index in [0.29, 0.717) is 18.4 Å². The summed E-state index contributed by atoms with van der Waals surface area (Å²) in [6, 6.07) is 0.608. The summed E-state index contributed by atoms with van der Waals surface area (Å²) in [6.45, 7) is 3.80. The molecule has 1 unspecified atom stereocenters. The van der Waals surface area contributed by atoms with Gasteiger partial charge in [0, 0.05) is 25.4 Å². The molecule has 0 bridgehead atoms. The largest absolute Gasteiger partial charge is 0.353 e. The number of nitrogens with zero attached hydrogens (tertiary/aromatic N) is 3. The quantitative estimate of drug-likeness (QED) is 0.872. The lowest BCUT2D eigenvalue weighted by atomic mass is 9.95. The molecule has 1 saturated heterocycles. The number of hydrogen-bond donors (Lipinski definition) is 1. The number of carbonyl (C=O) groups excluding carboxylic acids is 1. The van der Waals surface area contributed by atoms with Crippen LogP contribution in [0.5, 0.6) is 0 Å². The average molecular weight is 320 g/mol. The molecule has 3 rings (SSSR count). The molecule has 2 fully saturated rings. The second kappa shape index (κ2) is 7.90. The zero-order chi connectivity index (χ0) is 16.1. The van der Waals surface area contributed by atoms with E-state index in [-0.39, 0.29) is 11.9 Å². The van der Waals surface area contributed by atoms with Gasteiger partial charge in [-0.05, 0) is 32.2 Å². The summed E-state index contributed by atoms with van der Waals surface area (Å²) in [6.07, 6.45) is 9.59. The SMILES string of the molecule is CCc1nc(C2CCCN2CCC(=O)NC2CCCCC2)no1. The maximum atomic E-state index is 12.2. The van der Waals surface area contributed by atoms with Crippen LogP contribution in [0.2, 0.25) is 0 Å². The summed E-state index contributed by atoms with van der Waals surface area (Å²) in [7, 11) is 0. The highest BCUT2D eigenvalue weighted by atomic mass is 16.5. The average Bonchev–Trinajstić information content (AvgIpc) is 3.22.